The second-order valence-corrected chi connectivity index (χ2v) is 10.8. The zero-order valence-electron chi connectivity index (χ0n) is 18.0. The molecule has 10 nitrogen and oxygen atoms in total. The minimum atomic E-state index is -4.13. The molecular weight excluding hydrogens is 484 g/mol. The monoisotopic (exact) mass is 512 g/mol. The average molecular weight is 513 g/mol. The Morgan fingerprint density at radius 1 is 1.00 bits per heavy atom. The highest BCUT2D eigenvalue weighted by Gasteiger charge is 2.27. The Morgan fingerprint density at radius 2 is 1.59 bits per heavy atom. The third kappa shape index (κ3) is 11.8. The van der Waals surface area contributed by atoms with Crippen LogP contribution in [0.4, 0.5) is 0 Å². The highest BCUT2D eigenvalue weighted by atomic mass is 35.5. The van der Waals surface area contributed by atoms with E-state index in [-0.39, 0.29) is 17.4 Å². The summed E-state index contributed by atoms with van der Waals surface area (Å²) in [5, 5.41) is 2.92. The number of rotatable bonds is 15. The average Bonchev–Trinajstić information content (AvgIpc) is 2.72. The molecule has 13 heteroatoms. The highest BCUT2D eigenvalue weighted by Crippen LogP contribution is 2.14. The van der Waals surface area contributed by atoms with Crippen molar-refractivity contribution in [2.24, 2.45) is 0 Å². The van der Waals surface area contributed by atoms with Crippen LogP contribution in [-0.2, 0) is 38.7 Å². The zero-order valence-corrected chi connectivity index (χ0v) is 20.4. The number of benzene rings is 1. The van der Waals surface area contributed by atoms with Crippen LogP contribution in [-0.4, -0.2) is 61.3 Å². The summed E-state index contributed by atoms with van der Waals surface area (Å²) < 4.78 is 59.1. The van der Waals surface area contributed by atoms with E-state index in [1.165, 1.54) is 31.4 Å². The van der Waals surface area contributed by atoms with Gasteiger partial charge < -0.3 is 10.1 Å². The number of esters is 1. The van der Waals surface area contributed by atoms with Crippen LogP contribution < -0.4 is 10.0 Å². The van der Waals surface area contributed by atoms with E-state index in [0.29, 0.717) is 17.9 Å². The van der Waals surface area contributed by atoms with Crippen molar-refractivity contribution in [1.29, 1.82) is 0 Å². The van der Waals surface area contributed by atoms with Gasteiger partial charge >= 0.3 is 5.97 Å². The Hall–Kier alpha value is -1.73. The minimum absolute atomic E-state index is 0.133. The summed E-state index contributed by atoms with van der Waals surface area (Å²) in [6.07, 6.45) is 5.01. The molecule has 2 N–H and O–H groups in total. The van der Waals surface area contributed by atoms with Crippen LogP contribution in [0.25, 0.3) is 0 Å². The highest BCUT2D eigenvalue weighted by molar-refractivity contribution is 7.89. The van der Waals surface area contributed by atoms with Gasteiger partial charge in [0.1, 0.15) is 6.04 Å². The maximum absolute atomic E-state index is 12.6. The molecule has 1 aromatic rings. The van der Waals surface area contributed by atoms with E-state index in [0.717, 1.165) is 31.9 Å². The number of ether oxygens (including phenoxy) is 1. The van der Waals surface area contributed by atoms with Gasteiger partial charge in [-0.2, -0.15) is 13.1 Å². The standard InChI is InChI=1S/C19H29ClN2O8S2/c1-29-18(23)8-6-4-3-5-7-13-21-19(24)17(14-30-31(2,25)26)22-32(27,28)16-11-9-15(20)10-12-16/h9-12,17,22H,3-8,13-14H2,1-2H3,(H,21,24). The molecule has 1 atom stereocenters. The van der Waals surface area contributed by atoms with Gasteiger partial charge in [-0.25, -0.2) is 8.42 Å². The molecule has 0 bridgehead atoms. The Balaban J connectivity index is 2.59. The van der Waals surface area contributed by atoms with E-state index >= 15 is 0 Å². The van der Waals surface area contributed by atoms with Gasteiger partial charge in [-0.05, 0) is 37.1 Å². The Morgan fingerprint density at radius 3 is 2.19 bits per heavy atom. The van der Waals surface area contributed by atoms with Crippen molar-refractivity contribution < 1.29 is 35.3 Å². The van der Waals surface area contributed by atoms with Gasteiger partial charge in [0.15, 0.2) is 0 Å². The summed E-state index contributed by atoms with van der Waals surface area (Å²) in [5.41, 5.74) is 0. The Bertz CT molecular complexity index is 950. The van der Waals surface area contributed by atoms with E-state index in [9.17, 15) is 26.4 Å². The number of hydrogen-bond donors (Lipinski definition) is 2. The van der Waals surface area contributed by atoms with E-state index < -0.39 is 38.7 Å². The van der Waals surface area contributed by atoms with Gasteiger partial charge in [-0.3, -0.25) is 13.8 Å². The molecule has 0 fully saturated rings. The number of carbonyl (C=O) groups is 2. The second-order valence-electron chi connectivity index (χ2n) is 7.00. The summed E-state index contributed by atoms with van der Waals surface area (Å²) in [6, 6.07) is 3.83. The fraction of sp³-hybridized carbons (Fsp3) is 0.579. The predicted molar refractivity (Wildman–Crippen MR) is 119 cm³/mol. The molecule has 0 radical (unpaired) electrons. The van der Waals surface area contributed by atoms with Crippen LogP contribution in [0.3, 0.4) is 0 Å². The topological polar surface area (TPSA) is 145 Å². The summed E-state index contributed by atoms with van der Waals surface area (Å²) in [4.78, 5) is 23.4. The van der Waals surface area contributed by atoms with Crippen LogP contribution in [0.5, 0.6) is 0 Å². The lowest BCUT2D eigenvalue weighted by Gasteiger charge is -2.18. The number of hydrogen-bond acceptors (Lipinski definition) is 8. The van der Waals surface area contributed by atoms with Crippen LogP contribution >= 0.6 is 11.6 Å². The quantitative estimate of drug-likeness (QED) is 0.205. The summed E-state index contributed by atoms with van der Waals surface area (Å²) in [5.74, 6) is -0.961. The van der Waals surface area contributed by atoms with Gasteiger partial charge in [-0.15, -0.1) is 0 Å². The van der Waals surface area contributed by atoms with Gasteiger partial charge in [0.2, 0.25) is 15.9 Å². The molecule has 0 aliphatic heterocycles. The van der Waals surface area contributed by atoms with Crippen molar-refractivity contribution in [1.82, 2.24) is 10.0 Å². The normalized spacial score (nSPS) is 12.8. The molecule has 32 heavy (non-hydrogen) atoms. The minimum Gasteiger partial charge on any atom is -0.469 e. The SMILES string of the molecule is COC(=O)CCCCCCCNC(=O)C(COS(C)(=O)=O)NS(=O)(=O)c1ccc(Cl)cc1. The Kier molecular flexibility index (Phi) is 12.1. The van der Waals surface area contributed by atoms with E-state index in [4.69, 9.17) is 11.6 Å². The smallest absolute Gasteiger partial charge is 0.305 e. The number of halogens is 1. The van der Waals surface area contributed by atoms with Crippen LogP contribution in [0.2, 0.25) is 5.02 Å². The third-order valence-electron chi connectivity index (χ3n) is 4.27. The van der Waals surface area contributed by atoms with Gasteiger partial charge in [0.25, 0.3) is 10.1 Å². The van der Waals surface area contributed by atoms with Gasteiger partial charge in [0.05, 0.1) is 24.9 Å². The third-order valence-corrected chi connectivity index (χ3v) is 6.58. The van der Waals surface area contributed by atoms with E-state index in [1.807, 2.05) is 0 Å². The molecule has 0 aromatic heterocycles. The van der Waals surface area contributed by atoms with Crippen molar-refractivity contribution in [3.05, 3.63) is 29.3 Å². The first kappa shape index (κ1) is 28.3. The summed E-state index contributed by atoms with van der Waals surface area (Å²) >= 11 is 5.76. The first-order valence-electron chi connectivity index (χ1n) is 9.91. The number of sulfonamides is 1. The maximum Gasteiger partial charge on any atom is 0.305 e. The van der Waals surface area contributed by atoms with Gasteiger partial charge in [0, 0.05) is 18.0 Å². The maximum atomic E-state index is 12.6. The molecule has 1 aromatic carbocycles. The van der Waals surface area contributed by atoms with Crippen molar-refractivity contribution in [2.75, 3.05) is 26.5 Å². The lowest BCUT2D eigenvalue weighted by molar-refractivity contribution is -0.140. The molecule has 1 unspecified atom stereocenters. The number of unbranched alkanes of at least 4 members (excludes halogenated alkanes) is 4. The lowest BCUT2D eigenvalue weighted by atomic mass is 10.1. The Labute approximate surface area is 194 Å². The molecule has 0 heterocycles. The fourth-order valence-corrected chi connectivity index (χ4v) is 4.27. The summed E-state index contributed by atoms with van der Waals surface area (Å²) in [7, 11) is -6.67. The first-order chi connectivity index (χ1) is 14.9. The number of carbonyl (C=O) groups excluding carboxylic acids is 2. The molecule has 0 spiro atoms. The van der Waals surface area contributed by atoms with Crippen molar-refractivity contribution >= 4 is 43.6 Å². The lowest BCUT2D eigenvalue weighted by Crippen LogP contribution is -2.49. The molecule has 1 rings (SSSR count). The number of nitrogens with one attached hydrogen (secondary N) is 2. The van der Waals surface area contributed by atoms with Crippen LogP contribution in [0.1, 0.15) is 38.5 Å². The van der Waals surface area contributed by atoms with Crippen molar-refractivity contribution in [3.63, 3.8) is 0 Å². The molecule has 0 saturated carbocycles. The number of methoxy groups -OCH3 is 1. The van der Waals surface area contributed by atoms with Crippen molar-refractivity contribution in [3.8, 4) is 0 Å². The molecule has 0 aliphatic carbocycles. The first-order valence-corrected chi connectivity index (χ1v) is 13.6. The predicted octanol–water partition coefficient (Wildman–Crippen LogP) is 1.59. The molecule has 0 saturated heterocycles. The zero-order chi connectivity index (χ0) is 24.2. The second kappa shape index (κ2) is 13.7. The number of amides is 1. The molecular formula is C19H29ClN2O8S2. The molecule has 1 amide bonds. The van der Waals surface area contributed by atoms with E-state index in [2.05, 4.69) is 19.0 Å². The van der Waals surface area contributed by atoms with Crippen molar-refractivity contribution in [2.45, 2.75) is 49.5 Å². The fourth-order valence-electron chi connectivity index (χ4n) is 2.59. The van der Waals surface area contributed by atoms with Crippen LogP contribution in [0, 0.1) is 0 Å². The summed E-state index contributed by atoms with van der Waals surface area (Å²) in [6.45, 7) is -0.418. The molecule has 182 valence electrons. The van der Waals surface area contributed by atoms with Crippen LogP contribution in [0.15, 0.2) is 29.2 Å². The van der Waals surface area contributed by atoms with Gasteiger partial charge in [-0.1, -0.05) is 30.9 Å². The molecule has 0 aliphatic rings. The van der Waals surface area contributed by atoms with E-state index in [1.54, 1.807) is 0 Å². The largest absolute Gasteiger partial charge is 0.469 e.